The summed E-state index contributed by atoms with van der Waals surface area (Å²) in [6.07, 6.45) is -0.120. The number of nitrogens with zero attached hydrogens (tertiary/aromatic N) is 1. The third-order valence-electron chi connectivity index (χ3n) is 3.10. The van der Waals surface area contributed by atoms with Gasteiger partial charge in [-0.25, -0.2) is 0 Å². The molecule has 0 spiro atoms. The number of hydrogen-bond donors (Lipinski definition) is 0. The van der Waals surface area contributed by atoms with E-state index >= 15 is 0 Å². The Hall–Kier alpha value is 0.150. The van der Waals surface area contributed by atoms with Crippen LogP contribution in [-0.2, 0) is 4.74 Å². The Morgan fingerprint density at radius 1 is 1.60 bits per heavy atom. The number of benzene rings is 1. The molecule has 0 bridgehead atoms. The Morgan fingerprint density at radius 3 is 2.95 bits per heavy atom. The molecule has 0 saturated carbocycles. The molecular weight excluding hydrogens is 456 g/mol. The zero-order valence-electron chi connectivity index (χ0n) is 11.3. The third-order valence-corrected chi connectivity index (χ3v) is 4.81. The second-order valence-electron chi connectivity index (χ2n) is 5.46. The molecule has 1 aliphatic rings. The number of carbonyl (C=O) groups is 1. The molecule has 0 aliphatic carbocycles. The number of morpholine rings is 1. The maximum absolute atomic E-state index is 12.7. The highest BCUT2D eigenvalue weighted by atomic mass is 127. The SMILES string of the molecule is CC1(C)CN(C(=O)c2cc(I)ccc2Br)CC(CCl)O1. The Bertz CT molecular complexity index is 524. The van der Waals surface area contributed by atoms with Crippen molar-refractivity contribution in [3.05, 3.63) is 31.8 Å². The second-order valence-corrected chi connectivity index (χ2v) is 7.87. The summed E-state index contributed by atoms with van der Waals surface area (Å²) in [6.45, 7) is 5.06. The van der Waals surface area contributed by atoms with E-state index in [0.717, 1.165) is 8.04 Å². The minimum atomic E-state index is -0.373. The first kappa shape index (κ1) is 16.5. The number of hydrogen-bond acceptors (Lipinski definition) is 2. The van der Waals surface area contributed by atoms with Crippen LogP contribution in [0.4, 0.5) is 0 Å². The van der Waals surface area contributed by atoms with Crippen molar-refractivity contribution in [3.8, 4) is 0 Å². The van der Waals surface area contributed by atoms with Gasteiger partial charge in [0, 0.05) is 21.1 Å². The molecule has 1 saturated heterocycles. The van der Waals surface area contributed by atoms with Gasteiger partial charge in [0.1, 0.15) is 0 Å². The van der Waals surface area contributed by atoms with Gasteiger partial charge < -0.3 is 9.64 Å². The molecule has 0 aromatic heterocycles. The van der Waals surface area contributed by atoms with E-state index in [9.17, 15) is 4.79 Å². The molecular formula is C14H16BrClINO2. The first-order valence-electron chi connectivity index (χ1n) is 6.30. The fourth-order valence-electron chi connectivity index (χ4n) is 2.36. The van der Waals surface area contributed by atoms with Crippen molar-refractivity contribution in [2.75, 3.05) is 19.0 Å². The lowest BCUT2D eigenvalue weighted by atomic mass is 10.0. The van der Waals surface area contributed by atoms with Crippen LogP contribution in [0.5, 0.6) is 0 Å². The van der Waals surface area contributed by atoms with Gasteiger partial charge in [0.25, 0.3) is 5.91 Å². The average molecular weight is 473 g/mol. The summed E-state index contributed by atoms with van der Waals surface area (Å²) in [5.41, 5.74) is 0.310. The Kier molecular flexibility index (Phi) is 5.37. The van der Waals surface area contributed by atoms with E-state index in [1.807, 2.05) is 36.9 Å². The predicted octanol–water partition coefficient (Wildman–Crippen LogP) is 3.91. The molecule has 1 heterocycles. The van der Waals surface area contributed by atoms with Gasteiger partial charge in [-0.1, -0.05) is 0 Å². The minimum absolute atomic E-state index is 0.0156. The molecule has 1 aromatic rings. The summed E-state index contributed by atoms with van der Waals surface area (Å²) in [4.78, 5) is 14.5. The third kappa shape index (κ3) is 3.87. The zero-order chi connectivity index (χ0) is 14.9. The van der Waals surface area contributed by atoms with E-state index in [2.05, 4.69) is 38.5 Å². The minimum Gasteiger partial charge on any atom is -0.367 e. The van der Waals surface area contributed by atoms with Crippen molar-refractivity contribution < 1.29 is 9.53 Å². The van der Waals surface area contributed by atoms with E-state index in [1.165, 1.54) is 0 Å². The summed E-state index contributed by atoms with van der Waals surface area (Å²) >= 11 is 11.6. The molecule has 1 atom stereocenters. The van der Waals surface area contributed by atoms with Crippen molar-refractivity contribution in [1.29, 1.82) is 0 Å². The van der Waals surface area contributed by atoms with Gasteiger partial charge in [0.2, 0.25) is 0 Å². The first-order chi connectivity index (χ1) is 9.32. The van der Waals surface area contributed by atoms with Crippen LogP contribution in [-0.4, -0.2) is 41.5 Å². The zero-order valence-corrected chi connectivity index (χ0v) is 15.8. The van der Waals surface area contributed by atoms with Gasteiger partial charge in [0.15, 0.2) is 0 Å². The van der Waals surface area contributed by atoms with E-state index in [4.69, 9.17) is 16.3 Å². The van der Waals surface area contributed by atoms with Crippen LogP contribution in [0, 0.1) is 3.57 Å². The molecule has 2 rings (SSSR count). The molecule has 0 N–H and O–H groups in total. The van der Waals surface area contributed by atoms with Crippen molar-refractivity contribution >= 4 is 56.0 Å². The average Bonchev–Trinajstić information content (AvgIpc) is 2.38. The van der Waals surface area contributed by atoms with E-state index in [-0.39, 0.29) is 17.6 Å². The van der Waals surface area contributed by atoms with E-state index < -0.39 is 0 Å². The number of alkyl halides is 1. The van der Waals surface area contributed by atoms with Crippen molar-refractivity contribution in [2.45, 2.75) is 25.6 Å². The van der Waals surface area contributed by atoms with Gasteiger partial charge in [-0.05, 0) is 70.6 Å². The van der Waals surface area contributed by atoms with Crippen LogP contribution in [0.2, 0.25) is 0 Å². The molecule has 1 aromatic carbocycles. The molecule has 0 radical (unpaired) electrons. The van der Waals surface area contributed by atoms with Crippen LogP contribution in [0.15, 0.2) is 22.7 Å². The second kappa shape index (κ2) is 6.50. The van der Waals surface area contributed by atoms with Crippen LogP contribution >= 0.6 is 50.1 Å². The number of halogens is 3. The number of rotatable bonds is 2. The van der Waals surface area contributed by atoms with Gasteiger partial charge in [-0.2, -0.15) is 0 Å². The Balaban J connectivity index is 2.25. The van der Waals surface area contributed by atoms with E-state index in [0.29, 0.717) is 24.5 Å². The summed E-state index contributed by atoms with van der Waals surface area (Å²) in [6, 6.07) is 5.76. The highest BCUT2D eigenvalue weighted by Crippen LogP contribution is 2.26. The van der Waals surface area contributed by atoms with Gasteiger partial charge in [0.05, 0.1) is 23.1 Å². The summed E-state index contributed by atoms with van der Waals surface area (Å²) in [5.74, 6) is 0.405. The Labute approximate surface area is 146 Å². The monoisotopic (exact) mass is 471 g/mol. The van der Waals surface area contributed by atoms with Crippen molar-refractivity contribution in [1.82, 2.24) is 4.90 Å². The summed E-state index contributed by atoms with van der Waals surface area (Å²) in [7, 11) is 0. The topological polar surface area (TPSA) is 29.5 Å². The summed E-state index contributed by atoms with van der Waals surface area (Å²) < 4.78 is 7.71. The first-order valence-corrected chi connectivity index (χ1v) is 8.71. The van der Waals surface area contributed by atoms with Crippen LogP contribution in [0.25, 0.3) is 0 Å². The molecule has 3 nitrogen and oxygen atoms in total. The number of carbonyl (C=O) groups excluding carboxylic acids is 1. The van der Waals surface area contributed by atoms with Crippen LogP contribution in [0.3, 0.4) is 0 Å². The number of amides is 1. The lowest BCUT2D eigenvalue weighted by molar-refractivity contribution is -0.117. The smallest absolute Gasteiger partial charge is 0.255 e. The lowest BCUT2D eigenvalue weighted by Crippen LogP contribution is -2.55. The van der Waals surface area contributed by atoms with E-state index in [1.54, 1.807) is 0 Å². The van der Waals surface area contributed by atoms with Crippen molar-refractivity contribution in [2.24, 2.45) is 0 Å². The van der Waals surface area contributed by atoms with Gasteiger partial charge in [-0.3, -0.25) is 4.79 Å². The predicted molar refractivity (Wildman–Crippen MR) is 92.4 cm³/mol. The highest BCUT2D eigenvalue weighted by molar-refractivity contribution is 14.1. The molecule has 1 fully saturated rings. The molecule has 20 heavy (non-hydrogen) atoms. The summed E-state index contributed by atoms with van der Waals surface area (Å²) in [5, 5.41) is 0. The molecule has 110 valence electrons. The molecule has 1 amide bonds. The maximum atomic E-state index is 12.7. The fraction of sp³-hybridized carbons (Fsp3) is 0.500. The normalized spacial score (nSPS) is 21.9. The fourth-order valence-corrected chi connectivity index (χ4v) is 3.43. The standard InChI is InChI=1S/C14H16BrClINO2/c1-14(2)8-18(7-10(6-16)20-14)13(19)11-5-9(17)3-4-12(11)15/h3-5,10H,6-8H2,1-2H3. The molecule has 1 unspecified atom stereocenters. The largest absolute Gasteiger partial charge is 0.367 e. The van der Waals surface area contributed by atoms with Crippen LogP contribution < -0.4 is 0 Å². The van der Waals surface area contributed by atoms with Gasteiger partial charge in [-0.15, -0.1) is 11.6 Å². The van der Waals surface area contributed by atoms with Crippen LogP contribution in [0.1, 0.15) is 24.2 Å². The number of ether oxygens (including phenoxy) is 1. The quantitative estimate of drug-likeness (QED) is 0.483. The highest BCUT2D eigenvalue weighted by Gasteiger charge is 2.35. The lowest BCUT2D eigenvalue weighted by Gasteiger charge is -2.42. The maximum Gasteiger partial charge on any atom is 0.255 e. The van der Waals surface area contributed by atoms with Crippen molar-refractivity contribution in [3.63, 3.8) is 0 Å². The molecule has 1 aliphatic heterocycles. The molecule has 6 heteroatoms. The Morgan fingerprint density at radius 2 is 2.30 bits per heavy atom. The van der Waals surface area contributed by atoms with Gasteiger partial charge >= 0.3 is 0 Å².